The molecule has 1 N–H and O–H groups in total. The van der Waals surface area contributed by atoms with Crippen LogP contribution >= 0.6 is 11.8 Å². The topological polar surface area (TPSA) is 59.9 Å². The van der Waals surface area contributed by atoms with Crippen molar-refractivity contribution in [1.29, 1.82) is 0 Å². The maximum absolute atomic E-state index is 5.83. The van der Waals surface area contributed by atoms with Gasteiger partial charge < -0.3 is 10.1 Å². The fourth-order valence-corrected chi connectivity index (χ4v) is 2.28. The van der Waals surface area contributed by atoms with Gasteiger partial charge in [-0.05, 0) is 24.5 Å². The molecule has 1 aromatic carbocycles. The number of pyridine rings is 1. The Hall–Kier alpha value is -2.34. The zero-order chi connectivity index (χ0) is 14.7. The molecule has 3 rings (SSSR count). The monoisotopic (exact) mass is 298 g/mol. The number of ether oxygens (including phenoxy) is 1. The zero-order valence-electron chi connectivity index (χ0n) is 11.7. The molecule has 0 atom stereocenters. The number of hydrogen-bond acceptors (Lipinski definition) is 6. The summed E-state index contributed by atoms with van der Waals surface area (Å²) in [6.07, 6.45) is 3.69. The van der Waals surface area contributed by atoms with Crippen LogP contribution in [0.15, 0.2) is 47.8 Å². The minimum Gasteiger partial charge on any atom is -0.439 e. The normalized spacial score (nSPS) is 10.6. The van der Waals surface area contributed by atoms with E-state index >= 15 is 0 Å². The van der Waals surface area contributed by atoms with Gasteiger partial charge in [-0.1, -0.05) is 17.8 Å². The van der Waals surface area contributed by atoms with E-state index in [2.05, 4.69) is 20.3 Å². The molecule has 0 unspecified atom stereocenters. The third-order valence-corrected chi connectivity index (χ3v) is 3.47. The number of nitrogens with one attached hydrogen (secondary N) is 1. The first-order valence-electron chi connectivity index (χ1n) is 6.42. The summed E-state index contributed by atoms with van der Waals surface area (Å²) in [7, 11) is 1.82. The van der Waals surface area contributed by atoms with Crippen molar-refractivity contribution < 1.29 is 4.74 Å². The Morgan fingerprint density at radius 1 is 1.14 bits per heavy atom. The molecule has 0 aliphatic carbocycles. The quantitative estimate of drug-likeness (QED) is 0.587. The van der Waals surface area contributed by atoms with E-state index in [1.165, 1.54) is 11.8 Å². The second-order valence-corrected chi connectivity index (χ2v) is 5.06. The highest BCUT2D eigenvalue weighted by molar-refractivity contribution is 7.98. The molecule has 0 fully saturated rings. The maximum Gasteiger partial charge on any atom is 0.225 e. The van der Waals surface area contributed by atoms with Crippen molar-refractivity contribution in [2.45, 2.75) is 5.16 Å². The van der Waals surface area contributed by atoms with E-state index < -0.39 is 0 Å². The molecule has 21 heavy (non-hydrogen) atoms. The van der Waals surface area contributed by atoms with E-state index in [1.54, 1.807) is 12.3 Å². The first kappa shape index (κ1) is 13.6. The zero-order valence-corrected chi connectivity index (χ0v) is 12.5. The van der Waals surface area contributed by atoms with Gasteiger partial charge in [0, 0.05) is 30.8 Å². The Morgan fingerprint density at radius 2 is 2.05 bits per heavy atom. The highest BCUT2D eigenvalue weighted by Crippen LogP contribution is 2.26. The van der Waals surface area contributed by atoms with Gasteiger partial charge in [-0.3, -0.25) is 4.98 Å². The molecule has 0 bridgehead atoms. The van der Waals surface area contributed by atoms with Crippen LogP contribution in [0.4, 0.5) is 5.82 Å². The number of thioether (sulfide) groups is 1. The number of hydrogen-bond donors (Lipinski definition) is 1. The molecule has 0 aliphatic heterocycles. The highest BCUT2D eigenvalue weighted by atomic mass is 32.2. The summed E-state index contributed by atoms with van der Waals surface area (Å²) in [5.41, 5.74) is 0.892. The predicted molar refractivity (Wildman–Crippen MR) is 85.2 cm³/mol. The lowest BCUT2D eigenvalue weighted by molar-refractivity contribution is 0.456. The first-order chi connectivity index (χ1) is 10.3. The van der Waals surface area contributed by atoms with Gasteiger partial charge in [0.25, 0.3) is 0 Å². The van der Waals surface area contributed by atoms with Gasteiger partial charge in [0.15, 0.2) is 5.16 Å². The molecule has 106 valence electrons. The Labute approximate surface area is 126 Å². The van der Waals surface area contributed by atoms with Crippen LogP contribution in [-0.4, -0.2) is 28.3 Å². The largest absolute Gasteiger partial charge is 0.439 e. The van der Waals surface area contributed by atoms with Gasteiger partial charge in [-0.25, -0.2) is 4.98 Å². The summed E-state index contributed by atoms with van der Waals surface area (Å²) in [4.78, 5) is 13.0. The average Bonchev–Trinajstić information content (AvgIpc) is 2.54. The summed E-state index contributed by atoms with van der Waals surface area (Å²) in [6.45, 7) is 0. The minimum atomic E-state index is 0.508. The summed E-state index contributed by atoms with van der Waals surface area (Å²) >= 11 is 1.47. The second kappa shape index (κ2) is 5.97. The van der Waals surface area contributed by atoms with Crippen molar-refractivity contribution in [1.82, 2.24) is 15.0 Å². The van der Waals surface area contributed by atoms with E-state index in [0.29, 0.717) is 16.8 Å². The molecule has 2 heterocycles. The molecule has 3 aromatic rings. The predicted octanol–water partition coefficient (Wildman–Crippen LogP) is 3.58. The molecule has 6 heteroatoms. The van der Waals surface area contributed by atoms with Crippen molar-refractivity contribution >= 4 is 28.5 Å². The average molecular weight is 298 g/mol. The molecule has 0 radical (unpaired) electrons. The van der Waals surface area contributed by atoms with E-state index in [-0.39, 0.29) is 0 Å². The van der Waals surface area contributed by atoms with E-state index in [9.17, 15) is 0 Å². The first-order valence-corrected chi connectivity index (χ1v) is 7.64. The third kappa shape index (κ3) is 3.05. The van der Waals surface area contributed by atoms with Gasteiger partial charge in [0.05, 0.1) is 5.52 Å². The van der Waals surface area contributed by atoms with Crippen LogP contribution in [0, 0.1) is 0 Å². The smallest absolute Gasteiger partial charge is 0.225 e. The number of benzene rings is 1. The van der Waals surface area contributed by atoms with Crippen molar-refractivity contribution in [3.05, 3.63) is 42.6 Å². The lowest BCUT2D eigenvalue weighted by Crippen LogP contribution is -1.98. The number of nitrogens with zero attached hydrogens (tertiary/aromatic N) is 3. The molecule has 0 saturated carbocycles. The molecule has 2 aromatic heterocycles. The molecule has 0 amide bonds. The molecule has 0 spiro atoms. The summed E-state index contributed by atoms with van der Waals surface area (Å²) < 4.78 is 5.83. The molecule has 0 saturated heterocycles. The standard InChI is InChI=1S/C15H14N4OS/c1-16-13-9-14(19-15(18-13)21-2)20-11-6-5-10-4-3-7-17-12(10)8-11/h3-9H,1-2H3,(H,16,18,19). The van der Waals surface area contributed by atoms with Crippen LogP contribution in [0.1, 0.15) is 0 Å². The van der Waals surface area contributed by atoms with Crippen molar-refractivity contribution in [3.63, 3.8) is 0 Å². The fourth-order valence-electron chi connectivity index (χ4n) is 1.91. The maximum atomic E-state index is 5.83. The SMILES string of the molecule is CNc1cc(Oc2ccc3cccnc3c2)nc(SC)n1. The van der Waals surface area contributed by atoms with Gasteiger partial charge in [-0.15, -0.1) is 0 Å². The Bertz CT molecular complexity index is 756. The summed E-state index contributed by atoms with van der Waals surface area (Å²) in [5, 5.41) is 4.74. The number of anilines is 1. The Morgan fingerprint density at radius 3 is 2.86 bits per heavy atom. The van der Waals surface area contributed by atoms with Crippen LogP contribution in [0.25, 0.3) is 10.9 Å². The van der Waals surface area contributed by atoms with Crippen molar-refractivity contribution in [2.75, 3.05) is 18.6 Å². The van der Waals surface area contributed by atoms with Gasteiger partial charge in [-0.2, -0.15) is 4.98 Å². The minimum absolute atomic E-state index is 0.508. The van der Waals surface area contributed by atoms with Crippen LogP contribution < -0.4 is 10.1 Å². The van der Waals surface area contributed by atoms with Crippen LogP contribution in [0.3, 0.4) is 0 Å². The van der Waals surface area contributed by atoms with Crippen molar-refractivity contribution in [3.8, 4) is 11.6 Å². The fraction of sp³-hybridized carbons (Fsp3) is 0.133. The molecule has 0 aliphatic rings. The second-order valence-electron chi connectivity index (χ2n) is 4.29. The number of aromatic nitrogens is 3. The van der Waals surface area contributed by atoms with Crippen LogP contribution in [0.5, 0.6) is 11.6 Å². The van der Waals surface area contributed by atoms with Crippen LogP contribution in [-0.2, 0) is 0 Å². The number of fused-ring (bicyclic) bond motifs is 1. The molecular weight excluding hydrogens is 284 g/mol. The highest BCUT2D eigenvalue weighted by Gasteiger charge is 2.06. The van der Waals surface area contributed by atoms with E-state index in [0.717, 1.165) is 16.7 Å². The number of rotatable bonds is 4. The molecule has 5 nitrogen and oxygen atoms in total. The lowest BCUT2D eigenvalue weighted by Gasteiger charge is -2.08. The van der Waals surface area contributed by atoms with Crippen LogP contribution in [0.2, 0.25) is 0 Å². The summed E-state index contributed by atoms with van der Waals surface area (Å²) in [5.74, 6) is 1.94. The van der Waals surface area contributed by atoms with Crippen molar-refractivity contribution in [2.24, 2.45) is 0 Å². The van der Waals surface area contributed by atoms with Gasteiger partial charge >= 0.3 is 0 Å². The van der Waals surface area contributed by atoms with Gasteiger partial charge in [0.1, 0.15) is 11.6 Å². The third-order valence-electron chi connectivity index (χ3n) is 2.92. The van der Waals surface area contributed by atoms with E-state index in [4.69, 9.17) is 4.74 Å². The van der Waals surface area contributed by atoms with Gasteiger partial charge in [0.2, 0.25) is 5.88 Å². The Kier molecular flexibility index (Phi) is 3.87. The lowest BCUT2D eigenvalue weighted by atomic mass is 10.2. The summed E-state index contributed by atoms with van der Waals surface area (Å²) in [6, 6.07) is 11.5. The molecular formula is C15H14N4OS. The van der Waals surface area contributed by atoms with E-state index in [1.807, 2.05) is 43.6 Å². The Balaban J connectivity index is 1.94.